The maximum atomic E-state index is 12.4. The lowest BCUT2D eigenvalue weighted by atomic mass is 10.1. The summed E-state index contributed by atoms with van der Waals surface area (Å²) in [5.41, 5.74) is 0.817. The van der Waals surface area contributed by atoms with Crippen LogP contribution in [0, 0.1) is 0 Å². The topological polar surface area (TPSA) is 59.3 Å². The van der Waals surface area contributed by atoms with Crippen molar-refractivity contribution in [3.63, 3.8) is 0 Å². The van der Waals surface area contributed by atoms with Gasteiger partial charge in [0.1, 0.15) is 0 Å². The SMILES string of the molecule is CCCCCCCCC(=O)NC(CCSC)c1nnc2ccccn12. The molecular formula is C19H30N4OS. The Morgan fingerprint density at radius 3 is 2.80 bits per heavy atom. The minimum absolute atomic E-state index is 0.0857. The molecule has 0 saturated heterocycles. The standard InChI is InChI=1S/C19H30N4OS/c1-3-4-5-6-7-8-12-18(24)20-16(13-15-25-2)19-22-21-17-11-9-10-14-23(17)19/h9-11,14,16H,3-8,12-13,15H2,1-2H3,(H,20,24). The molecule has 2 aromatic heterocycles. The van der Waals surface area contributed by atoms with Gasteiger partial charge in [-0.1, -0.05) is 45.1 Å². The van der Waals surface area contributed by atoms with E-state index in [-0.39, 0.29) is 11.9 Å². The number of nitrogens with zero attached hydrogens (tertiary/aromatic N) is 3. The number of pyridine rings is 1. The molecule has 0 aliphatic heterocycles. The monoisotopic (exact) mass is 362 g/mol. The highest BCUT2D eigenvalue weighted by molar-refractivity contribution is 7.98. The van der Waals surface area contributed by atoms with Crippen molar-refractivity contribution in [2.75, 3.05) is 12.0 Å². The number of hydrogen-bond acceptors (Lipinski definition) is 4. The number of rotatable bonds is 12. The fourth-order valence-electron chi connectivity index (χ4n) is 2.93. The van der Waals surface area contributed by atoms with Gasteiger partial charge < -0.3 is 5.32 Å². The van der Waals surface area contributed by atoms with Crippen molar-refractivity contribution in [1.82, 2.24) is 19.9 Å². The Morgan fingerprint density at radius 1 is 1.20 bits per heavy atom. The molecule has 2 heterocycles. The van der Waals surface area contributed by atoms with E-state index in [1.165, 1.54) is 25.7 Å². The van der Waals surface area contributed by atoms with Crippen molar-refractivity contribution in [2.45, 2.75) is 64.3 Å². The van der Waals surface area contributed by atoms with E-state index in [4.69, 9.17) is 0 Å². The van der Waals surface area contributed by atoms with Crippen LogP contribution in [0.4, 0.5) is 0 Å². The molecule has 6 heteroatoms. The first-order valence-corrected chi connectivity index (χ1v) is 10.7. The second-order valence-corrected chi connectivity index (χ2v) is 7.39. The molecule has 2 rings (SSSR count). The predicted octanol–water partition coefficient (Wildman–Crippen LogP) is 4.39. The Morgan fingerprint density at radius 2 is 2.00 bits per heavy atom. The minimum Gasteiger partial charge on any atom is -0.346 e. The summed E-state index contributed by atoms with van der Waals surface area (Å²) in [5, 5.41) is 11.7. The zero-order chi connectivity index (χ0) is 17.9. The van der Waals surface area contributed by atoms with Crippen molar-refractivity contribution in [3.8, 4) is 0 Å². The van der Waals surface area contributed by atoms with E-state index in [1.807, 2.05) is 28.8 Å². The van der Waals surface area contributed by atoms with E-state index in [9.17, 15) is 4.79 Å². The van der Waals surface area contributed by atoms with Crippen LogP contribution in [0.25, 0.3) is 5.65 Å². The highest BCUT2D eigenvalue weighted by atomic mass is 32.2. The number of unbranched alkanes of at least 4 members (excludes halogenated alkanes) is 5. The van der Waals surface area contributed by atoms with E-state index in [1.54, 1.807) is 11.8 Å². The first kappa shape index (κ1) is 19.8. The number of fused-ring (bicyclic) bond motifs is 1. The summed E-state index contributed by atoms with van der Waals surface area (Å²) in [5.74, 6) is 1.92. The Balaban J connectivity index is 1.90. The van der Waals surface area contributed by atoms with Gasteiger partial charge in [-0.3, -0.25) is 9.20 Å². The van der Waals surface area contributed by atoms with Crippen molar-refractivity contribution in [3.05, 3.63) is 30.2 Å². The second kappa shape index (κ2) is 11.1. The van der Waals surface area contributed by atoms with E-state index < -0.39 is 0 Å². The van der Waals surface area contributed by atoms with Gasteiger partial charge in [0.05, 0.1) is 6.04 Å². The average Bonchev–Trinajstić information content (AvgIpc) is 3.05. The fraction of sp³-hybridized carbons (Fsp3) is 0.632. The Bertz CT molecular complexity index is 643. The summed E-state index contributed by atoms with van der Waals surface area (Å²) in [4.78, 5) is 12.4. The summed E-state index contributed by atoms with van der Waals surface area (Å²) in [6, 6.07) is 5.75. The molecule has 0 radical (unpaired) electrons. The normalized spacial score (nSPS) is 12.4. The van der Waals surface area contributed by atoms with Crippen LogP contribution in [0.3, 0.4) is 0 Å². The molecule has 138 valence electrons. The molecule has 5 nitrogen and oxygen atoms in total. The highest BCUT2D eigenvalue weighted by Gasteiger charge is 2.19. The van der Waals surface area contributed by atoms with Crippen LogP contribution in [0.15, 0.2) is 24.4 Å². The third-order valence-electron chi connectivity index (χ3n) is 4.36. The lowest BCUT2D eigenvalue weighted by Crippen LogP contribution is -2.30. The number of carbonyl (C=O) groups is 1. The first-order chi connectivity index (χ1) is 12.3. The Hall–Kier alpha value is -1.56. The van der Waals surface area contributed by atoms with Crippen molar-refractivity contribution in [2.24, 2.45) is 0 Å². The molecule has 0 fully saturated rings. The van der Waals surface area contributed by atoms with Crippen molar-refractivity contribution >= 4 is 23.3 Å². The van der Waals surface area contributed by atoms with Crippen LogP contribution in [0.1, 0.15) is 70.2 Å². The van der Waals surface area contributed by atoms with Crippen molar-refractivity contribution < 1.29 is 4.79 Å². The van der Waals surface area contributed by atoms with Gasteiger partial charge in [0, 0.05) is 12.6 Å². The second-order valence-electron chi connectivity index (χ2n) is 6.41. The van der Waals surface area contributed by atoms with Gasteiger partial charge in [0.15, 0.2) is 11.5 Å². The molecule has 1 amide bonds. The quantitative estimate of drug-likeness (QED) is 0.569. The van der Waals surface area contributed by atoms with E-state index in [2.05, 4.69) is 28.7 Å². The Labute approximate surface area is 155 Å². The molecule has 2 aromatic rings. The summed E-state index contributed by atoms with van der Waals surface area (Å²) in [7, 11) is 0. The van der Waals surface area contributed by atoms with Gasteiger partial charge >= 0.3 is 0 Å². The zero-order valence-electron chi connectivity index (χ0n) is 15.4. The molecule has 0 saturated carbocycles. The third kappa shape index (κ3) is 6.34. The van der Waals surface area contributed by atoms with Gasteiger partial charge in [-0.25, -0.2) is 0 Å². The minimum atomic E-state index is -0.0857. The van der Waals surface area contributed by atoms with Gasteiger partial charge in [0.25, 0.3) is 0 Å². The number of carbonyl (C=O) groups excluding carboxylic acids is 1. The van der Waals surface area contributed by atoms with Gasteiger partial charge in [-0.15, -0.1) is 10.2 Å². The molecule has 0 spiro atoms. The molecular weight excluding hydrogens is 332 g/mol. The number of hydrogen-bond donors (Lipinski definition) is 1. The van der Waals surface area contributed by atoms with Crippen LogP contribution >= 0.6 is 11.8 Å². The lowest BCUT2D eigenvalue weighted by Gasteiger charge is -2.17. The third-order valence-corrected chi connectivity index (χ3v) is 5.00. The first-order valence-electron chi connectivity index (χ1n) is 9.34. The molecule has 0 bridgehead atoms. The highest BCUT2D eigenvalue weighted by Crippen LogP contribution is 2.18. The van der Waals surface area contributed by atoms with Crippen molar-refractivity contribution in [1.29, 1.82) is 0 Å². The lowest BCUT2D eigenvalue weighted by molar-refractivity contribution is -0.122. The number of nitrogens with one attached hydrogen (secondary N) is 1. The molecule has 1 atom stereocenters. The van der Waals surface area contributed by atoms with Crippen LogP contribution in [0.2, 0.25) is 0 Å². The Kier molecular flexibility index (Phi) is 8.80. The number of thioether (sulfide) groups is 1. The molecule has 0 aromatic carbocycles. The van der Waals surface area contributed by atoms with E-state index >= 15 is 0 Å². The summed E-state index contributed by atoms with van der Waals surface area (Å²) < 4.78 is 1.97. The van der Waals surface area contributed by atoms with E-state index in [0.29, 0.717) is 6.42 Å². The van der Waals surface area contributed by atoms with Gasteiger partial charge in [-0.2, -0.15) is 11.8 Å². The maximum absolute atomic E-state index is 12.4. The fourth-order valence-corrected chi connectivity index (χ4v) is 3.40. The predicted molar refractivity (Wildman–Crippen MR) is 105 cm³/mol. The summed E-state index contributed by atoms with van der Waals surface area (Å²) >= 11 is 1.78. The molecule has 1 unspecified atom stereocenters. The zero-order valence-corrected chi connectivity index (χ0v) is 16.2. The van der Waals surface area contributed by atoms with Crippen LogP contribution < -0.4 is 5.32 Å². The van der Waals surface area contributed by atoms with Crippen LogP contribution in [0.5, 0.6) is 0 Å². The smallest absolute Gasteiger partial charge is 0.220 e. The number of amides is 1. The average molecular weight is 363 g/mol. The molecule has 1 N–H and O–H groups in total. The largest absolute Gasteiger partial charge is 0.346 e. The van der Waals surface area contributed by atoms with Gasteiger partial charge in [-0.05, 0) is 37.0 Å². The van der Waals surface area contributed by atoms with E-state index in [0.717, 1.165) is 36.5 Å². The molecule has 0 aliphatic rings. The maximum Gasteiger partial charge on any atom is 0.220 e. The van der Waals surface area contributed by atoms with Crippen LogP contribution in [-0.2, 0) is 4.79 Å². The van der Waals surface area contributed by atoms with Gasteiger partial charge in [0.2, 0.25) is 5.91 Å². The molecule has 0 aliphatic carbocycles. The molecule has 25 heavy (non-hydrogen) atoms. The summed E-state index contributed by atoms with van der Waals surface area (Å²) in [6.07, 6.45) is 12.6. The summed E-state index contributed by atoms with van der Waals surface area (Å²) in [6.45, 7) is 2.22. The van der Waals surface area contributed by atoms with Crippen LogP contribution in [-0.4, -0.2) is 32.5 Å². The number of aromatic nitrogens is 3.